The molecule has 0 aliphatic carbocycles. The summed E-state index contributed by atoms with van der Waals surface area (Å²) in [6.07, 6.45) is 2.13. The van der Waals surface area contributed by atoms with Gasteiger partial charge in [0, 0.05) is 25.6 Å². The predicted octanol–water partition coefficient (Wildman–Crippen LogP) is 2.56. The molecule has 1 aliphatic rings. The van der Waals surface area contributed by atoms with Crippen molar-refractivity contribution in [3.63, 3.8) is 0 Å². The number of benzene rings is 1. The van der Waals surface area contributed by atoms with E-state index in [2.05, 4.69) is 19.2 Å². The number of amides is 1. The number of aryl methyl sites for hydroxylation is 1. The molecule has 1 aromatic carbocycles. The summed E-state index contributed by atoms with van der Waals surface area (Å²) < 4.78 is 26.9. The van der Waals surface area contributed by atoms with Crippen LogP contribution < -0.4 is 5.32 Å². The average Bonchev–Trinajstić information content (AvgIpc) is 2.54. The monoisotopic (exact) mass is 352 g/mol. The minimum Gasteiger partial charge on any atom is -0.356 e. The van der Waals surface area contributed by atoms with Crippen LogP contribution >= 0.6 is 0 Å². The molecule has 0 unspecified atom stereocenters. The van der Waals surface area contributed by atoms with Crippen molar-refractivity contribution < 1.29 is 13.2 Å². The smallest absolute Gasteiger partial charge is 0.243 e. The van der Waals surface area contributed by atoms with E-state index in [1.54, 1.807) is 18.2 Å². The van der Waals surface area contributed by atoms with E-state index in [-0.39, 0.29) is 11.8 Å². The molecular formula is C18H28N2O3S. The largest absolute Gasteiger partial charge is 0.356 e. The van der Waals surface area contributed by atoms with Gasteiger partial charge in [-0.1, -0.05) is 26.0 Å². The van der Waals surface area contributed by atoms with Gasteiger partial charge in [-0.2, -0.15) is 4.31 Å². The lowest BCUT2D eigenvalue weighted by atomic mass is 9.97. The maximum Gasteiger partial charge on any atom is 0.243 e. The van der Waals surface area contributed by atoms with Gasteiger partial charge in [0.2, 0.25) is 15.9 Å². The lowest BCUT2D eigenvalue weighted by molar-refractivity contribution is -0.126. The van der Waals surface area contributed by atoms with Crippen molar-refractivity contribution in [3.8, 4) is 0 Å². The molecule has 0 spiro atoms. The van der Waals surface area contributed by atoms with Crippen LogP contribution in [0.1, 0.15) is 38.7 Å². The van der Waals surface area contributed by atoms with Crippen molar-refractivity contribution in [2.45, 2.75) is 44.9 Å². The number of rotatable bonds is 6. The molecule has 0 saturated carbocycles. The van der Waals surface area contributed by atoms with E-state index < -0.39 is 10.0 Å². The van der Waals surface area contributed by atoms with Crippen LogP contribution in [0.15, 0.2) is 29.2 Å². The first-order valence-electron chi connectivity index (χ1n) is 8.65. The third kappa shape index (κ3) is 4.80. The molecule has 0 atom stereocenters. The Labute approximate surface area is 145 Å². The minimum absolute atomic E-state index is 0.0586. The van der Waals surface area contributed by atoms with Crippen molar-refractivity contribution in [2.75, 3.05) is 19.6 Å². The number of sulfonamides is 1. The highest BCUT2D eigenvalue weighted by Gasteiger charge is 2.31. The van der Waals surface area contributed by atoms with Crippen molar-refractivity contribution in [3.05, 3.63) is 29.8 Å². The normalized spacial score (nSPS) is 17.2. The number of piperidine rings is 1. The number of hydrogen-bond acceptors (Lipinski definition) is 3. The summed E-state index contributed by atoms with van der Waals surface area (Å²) in [5, 5.41) is 2.97. The second kappa shape index (κ2) is 8.12. The highest BCUT2D eigenvalue weighted by molar-refractivity contribution is 7.89. The SMILES string of the molecule is Cc1cccc(S(=O)(=O)N2CCC(C(=O)NCCC(C)C)CC2)c1. The second-order valence-corrected chi connectivity index (χ2v) is 8.91. The maximum atomic E-state index is 12.7. The van der Waals surface area contributed by atoms with Gasteiger partial charge >= 0.3 is 0 Å². The molecule has 2 rings (SSSR count). The maximum absolute atomic E-state index is 12.7. The molecule has 1 saturated heterocycles. The number of carbonyl (C=O) groups is 1. The number of nitrogens with zero attached hydrogens (tertiary/aromatic N) is 1. The highest BCUT2D eigenvalue weighted by Crippen LogP contribution is 2.24. The Hall–Kier alpha value is -1.40. The Morgan fingerprint density at radius 2 is 1.96 bits per heavy atom. The van der Waals surface area contributed by atoms with Crippen LogP contribution in [-0.2, 0) is 14.8 Å². The molecule has 6 heteroatoms. The van der Waals surface area contributed by atoms with Crippen molar-refractivity contribution in [1.82, 2.24) is 9.62 Å². The summed E-state index contributed by atoms with van der Waals surface area (Å²) in [6, 6.07) is 6.97. The van der Waals surface area contributed by atoms with Gasteiger partial charge in [-0.05, 0) is 49.8 Å². The number of carbonyl (C=O) groups excluding carboxylic acids is 1. The van der Waals surface area contributed by atoms with Gasteiger partial charge in [0.15, 0.2) is 0 Å². The molecule has 1 heterocycles. The van der Waals surface area contributed by atoms with Gasteiger partial charge in [-0.3, -0.25) is 4.79 Å². The topological polar surface area (TPSA) is 66.5 Å². The zero-order valence-electron chi connectivity index (χ0n) is 14.8. The summed E-state index contributed by atoms with van der Waals surface area (Å²) in [5.74, 6) is 0.538. The summed E-state index contributed by atoms with van der Waals surface area (Å²) in [7, 11) is -3.46. The molecule has 24 heavy (non-hydrogen) atoms. The molecule has 1 aromatic rings. The van der Waals surface area contributed by atoms with Crippen molar-refractivity contribution in [2.24, 2.45) is 11.8 Å². The first-order chi connectivity index (χ1) is 11.3. The van der Waals surface area contributed by atoms with E-state index in [1.165, 1.54) is 4.31 Å². The van der Waals surface area contributed by atoms with Crippen LogP contribution in [0.2, 0.25) is 0 Å². The van der Waals surface area contributed by atoms with Crippen LogP contribution in [0.25, 0.3) is 0 Å². The Balaban J connectivity index is 1.91. The van der Waals surface area contributed by atoms with Gasteiger partial charge in [0.1, 0.15) is 0 Å². The van der Waals surface area contributed by atoms with E-state index in [0.717, 1.165) is 12.0 Å². The summed E-state index contributed by atoms with van der Waals surface area (Å²) in [4.78, 5) is 12.5. The van der Waals surface area contributed by atoms with Crippen molar-refractivity contribution in [1.29, 1.82) is 0 Å². The van der Waals surface area contributed by atoms with E-state index in [4.69, 9.17) is 0 Å². The zero-order valence-corrected chi connectivity index (χ0v) is 15.6. The Kier molecular flexibility index (Phi) is 6.40. The lowest BCUT2D eigenvalue weighted by Gasteiger charge is -2.30. The highest BCUT2D eigenvalue weighted by atomic mass is 32.2. The van der Waals surface area contributed by atoms with Crippen LogP contribution in [0.5, 0.6) is 0 Å². The third-order valence-corrected chi connectivity index (χ3v) is 6.37. The van der Waals surface area contributed by atoms with E-state index in [9.17, 15) is 13.2 Å². The fourth-order valence-electron chi connectivity index (χ4n) is 2.91. The molecule has 1 aliphatic heterocycles. The van der Waals surface area contributed by atoms with Crippen LogP contribution in [-0.4, -0.2) is 38.3 Å². The summed E-state index contributed by atoms with van der Waals surface area (Å²) in [6.45, 7) is 7.63. The minimum atomic E-state index is -3.46. The van der Waals surface area contributed by atoms with Gasteiger partial charge < -0.3 is 5.32 Å². The van der Waals surface area contributed by atoms with Gasteiger partial charge in [-0.25, -0.2) is 8.42 Å². The Bertz CT molecular complexity index is 663. The van der Waals surface area contributed by atoms with E-state index in [0.29, 0.717) is 43.3 Å². The van der Waals surface area contributed by atoms with E-state index >= 15 is 0 Å². The molecule has 0 aromatic heterocycles. The zero-order chi connectivity index (χ0) is 17.7. The first-order valence-corrected chi connectivity index (χ1v) is 10.1. The second-order valence-electron chi connectivity index (χ2n) is 6.97. The van der Waals surface area contributed by atoms with Gasteiger partial charge in [0.05, 0.1) is 4.90 Å². The van der Waals surface area contributed by atoms with Crippen LogP contribution in [0.3, 0.4) is 0 Å². The average molecular weight is 353 g/mol. The van der Waals surface area contributed by atoms with E-state index in [1.807, 2.05) is 13.0 Å². The lowest BCUT2D eigenvalue weighted by Crippen LogP contribution is -2.43. The molecule has 134 valence electrons. The fourth-order valence-corrected chi connectivity index (χ4v) is 4.49. The van der Waals surface area contributed by atoms with Gasteiger partial charge in [0.25, 0.3) is 0 Å². The summed E-state index contributed by atoms with van der Waals surface area (Å²) in [5.41, 5.74) is 0.926. The standard InChI is InChI=1S/C18H28N2O3S/c1-14(2)7-10-19-18(21)16-8-11-20(12-9-16)24(22,23)17-6-4-5-15(3)13-17/h4-6,13-14,16H,7-12H2,1-3H3,(H,19,21). The summed E-state index contributed by atoms with van der Waals surface area (Å²) >= 11 is 0. The molecule has 1 amide bonds. The fraction of sp³-hybridized carbons (Fsp3) is 0.611. The predicted molar refractivity (Wildman–Crippen MR) is 95.1 cm³/mol. The Morgan fingerprint density at radius 1 is 1.29 bits per heavy atom. The number of nitrogens with one attached hydrogen (secondary N) is 1. The third-order valence-electron chi connectivity index (χ3n) is 4.47. The molecule has 5 nitrogen and oxygen atoms in total. The van der Waals surface area contributed by atoms with Gasteiger partial charge in [-0.15, -0.1) is 0 Å². The molecule has 0 bridgehead atoms. The van der Waals surface area contributed by atoms with Crippen LogP contribution in [0.4, 0.5) is 0 Å². The Morgan fingerprint density at radius 3 is 2.54 bits per heavy atom. The quantitative estimate of drug-likeness (QED) is 0.856. The molecule has 1 N–H and O–H groups in total. The first kappa shape index (κ1) is 18.9. The van der Waals surface area contributed by atoms with Crippen molar-refractivity contribution >= 4 is 15.9 Å². The number of hydrogen-bond donors (Lipinski definition) is 1. The molecule has 1 fully saturated rings. The molecule has 0 radical (unpaired) electrons. The van der Waals surface area contributed by atoms with Crippen LogP contribution in [0, 0.1) is 18.8 Å². The molecular weight excluding hydrogens is 324 g/mol.